The number of aliphatic carboxylic acids is 1. The van der Waals surface area contributed by atoms with Gasteiger partial charge in [-0.15, -0.1) is 11.3 Å². The molecule has 2 heterocycles. The van der Waals surface area contributed by atoms with Gasteiger partial charge in [0.05, 0.1) is 17.4 Å². The normalized spacial score (nSPS) is 22.9. The van der Waals surface area contributed by atoms with Crippen LogP contribution in [0.5, 0.6) is 0 Å². The highest BCUT2D eigenvalue weighted by atomic mass is 35.5. The average Bonchev–Trinajstić information content (AvgIpc) is 2.89. The van der Waals surface area contributed by atoms with Crippen molar-refractivity contribution in [2.24, 2.45) is 0 Å². The lowest BCUT2D eigenvalue weighted by atomic mass is 9.99. The molecule has 7 heteroatoms. The number of thiophene rings is 1. The summed E-state index contributed by atoms with van der Waals surface area (Å²) in [5.74, 6) is -1.39. The molecule has 1 aromatic heterocycles. The smallest absolute Gasteiger partial charge is 0.331 e. The Morgan fingerprint density at radius 1 is 1.56 bits per heavy atom. The van der Waals surface area contributed by atoms with Crippen LogP contribution in [-0.4, -0.2) is 35.7 Å². The number of amides is 1. The standard InChI is InChI=1S/C11H12ClNO4S/c12-8-2-1-7(18-8)5-9(14)13-11(10(15)16)3-4-17-6-11/h1-2H,3-6H2,(H,13,14)(H,15,16). The van der Waals surface area contributed by atoms with Gasteiger partial charge in [-0.3, -0.25) is 4.79 Å². The van der Waals surface area contributed by atoms with Crippen LogP contribution < -0.4 is 5.32 Å². The van der Waals surface area contributed by atoms with Crippen LogP contribution in [0.2, 0.25) is 4.34 Å². The van der Waals surface area contributed by atoms with E-state index in [1.807, 2.05) is 0 Å². The molecule has 2 rings (SSSR count). The number of carboxylic acids is 1. The molecule has 2 N–H and O–H groups in total. The van der Waals surface area contributed by atoms with Gasteiger partial charge in [0.25, 0.3) is 0 Å². The average molecular weight is 290 g/mol. The van der Waals surface area contributed by atoms with E-state index in [0.29, 0.717) is 17.4 Å². The van der Waals surface area contributed by atoms with Crippen LogP contribution in [0, 0.1) is 0 Å². The van der Waals surface area contributed by atoms with E-state index in [9.17, 15) is 9.59 Å². The Hall–Kier alpha value is -1.11. The third kappa shape index (κ3) is 2.82. The van der Waals surface area contributed by atoms with Crippen molar-refractivity contribution in [3.05, 3.63) is 21.3 Å². The first-order chi connectivity index (χ1) is 8.52. The Morgan fingerprint density at radius 2 is 2.33 bits per heavy atom. The monoisotopic (exact) mass is 289 g/mol. The third-order valence-electron chi connectivity index (χ3n) is 2.77. The molecule has 1 atom stereocenters. The molecule has 0 spiro atoms. The van der Waals surface area contributed by atoms with Gasteiger partial charge in [-0.1, -0.05) is 11.6 Å². The molecule has 0 aliphatic carbocycles. The van der Waals surface area contributed by atoms with Crippen molar-refractivity contribution < 1.29 is 19.4 Å². The summed E-state index contributed by atoms with van der Waals surface area (Å²) in [6.45, 7) is 0.358. The van der Waals surface area contributed by atoms with Gasteiger partial charge in [-0.05, 0) is 12.1 Å². The summed E-state index contributed by atoms with van der Waals surface area (Å²) in [5.41, 5.74) is -1.28. The van der Waals surface area contributed by atoms with E-state index in [2.05, 4.69) is 5.32 Å². The topological polar surface area (TPSA) is 75.6 Å². The second kappa shape index (κ2) is 5.26. The van der Waals surface area contributed by atoms with Gasteiger partial charge in [0.15, 0.2) is 5.54 Å². The maximum atomic E-state index is 11.8. The Kier molecular flexibility index (Phi) is 3.89. The van der Waals surface area contributed by atoms with Gasteiger partial charge in [-0.25, -0.2) is 4.79 Å². The second-order valence-corrected chi connectivity index (χ2v) is 5.92. The number of carboxylic acid groups (broad SMARTS) is 1. The number of rotatable bonds is 4. The molecule has 0 saturated carbocycles. The number of hydrogen-bond donors (Lipinski definition) is 2. The van der Waals surface area contributed by atoms with Crippen molar-refractivity contribution in [3.63, 3.8) is 0 Å². The van der Waals surface area contributed by atoms with Crippen molar-refractivity contribution >= 4 is 34.8 Å². The Bertz CT molecular complexity index is 467. The van der Waals surface area contributed by atoms with E-state index >= 15 is 0 Å². The largest absolute Gasteiger partial charge is 0.479 e. The van der Waals surface area contributed by atoms with Gasteiger partial charge in [0.2, 0.25) is 5.91 Å². The van der Waals surface area contributed by atoms with Crippen LogP contribution >= 0.6 is 22.9 Å². The van der Waals surface area contributed by atoms with Gasteiger partial charge in [0.1, 0.15) is 0 Å². The van der Waals surface area contributed by atoms with E-state index in [1.54, 1.807) is 12.1 Å². The van der Waals surface area contributed by atoms with Crippen molar-refractivity contribution in [1.82, 2.24) is 5.32 Å². The zero-order valence-corrected chi connectivity index (χ0v) is 11.0. The van der Waals surface area contributed by atoms with Crippen molar-refractivity contribution in [3.8, 4) is 0 Å². The molecule has 98 valence electrons. The maximum absolute atomic E-state index is 11.8. The Balaban J connectivity index is 1.99. The van der Waals surface area contributed by atoms with Crippen LogP contribution in [0.3, 0.4) is 0 Å². The van der Waals surface area contributed by atoms with E-state index in [0.717, 1.165) is 4.88 Å². The van der Waals surface area contributed by atoms with E-state index in [-0.39, 0.29) is 18.9 Å². The predicted octanol–water partition coefficient (Wildman–Crippen LogP) is 1.30. The SMILES string of the molecule is O=C(Cc1ccc(Cl)s1)NC1(C(=O)O)CCOC1. The molecule has 0 aromatic carbocycles. The minimum atomic E-state index is -1.28. The zero-order chi connectivity index (χ0) is 13.2. The molecule has 5 nitrogen and oxygen atoms in total. The quantitative estimate of drug-likeness (QED) is 0.876. The number of hydrogen-bond acceptors (Lipinski definition) is 4. The fourth-order valence-corrected chi connectivity index (χ4v) is 2.89. The maximum Gasteiger partial charge on any atom is 0.331 e. The molecule has 1 fully saturated rings. The summed E-state index contributed by atoms with van der Waals surface area (Å²) in [5, 5.41) is 11.7. The molecule has 18 heavy (non-hydrogen) atoms. The predicted molar refractivity (Wildman–Crippen MR) is 67.0 cm³/mol. The minimum Gasteiger partial charge on any atom is -0.479 e. The highest BCUT2D eigenvalue weighted by Crippen LogP contribution is 2.23. The number of carbonyl (C=O) groups is 2. The van der Waals surface area contributed by atoms with Crippen molar-refractivity contribution in [2.75, 3.05) is 13.2 Å². The Labute approximate surface area is 113 Å². The molecule has 1 aliphatic rings. The zero-order valence-electron chi connectivity index (χ0n) is 9.44. The van der Waals surface area contributed by atoms with Crippen LogP contribution in [0.25, 0.3) is 0 Å². The molecule has 1 aliphatic heterocycles. The molecule has 1 saturated heterocycles. The molecular weight excluding hydrogens is 278 g/mol. The Morgan fingerprint density at radius 3 is 2.83 bits per heavy atom. The van der Waals surface area contributed by atoms with Crippen molar-refractivity contribution in [2.45, 2.75) is 18.4 Å². The fourth-order valence-electron chi connectivity index (χ4n) is 1.80. The van der Waals surface area contributed by atoms with Crippen LogP contribution in [-0.2, 0) is 20.7 Å². The molecule has 0 radical (unpaired) electrons. The van der Waals surface area contributed by atoms with Gasteiger partial charge in [0, 0.05) is 17.9 Å². The molecule has 1 unspecified atom stereocenters. The lowest BCUT2D eigenvalue weighted by molar-refractivity contribution is -0.147. The van der Waals surface area contributed by atoms with Gasteiger partial charge < -0.3 is 15.2 Å². The van der Waals surface area contributed by atoms with Crippen LogP contribution in [0.15, 0.2) is 12.1 Å². The number of halogens is 1. The molecular formula is C11H12ClNO4S. The van der Waals surface area contributed by atoms with Crippen LogP contribution in [0.4, 0.5) is 0 Å². The number of nitrogens with one attached hydrogen (secondary N) is 1. The first kappa shape index (κ1) is 13.3. The highest BCUT2D eigenvalue weighted by molar-refractivity contribution is 7.16. The second-order valence-electron chi connectivity index (χ2n) is 4.12. The third-order valence-corrected chi connectivity index (χ3v) is 4.00. The first-order valence-electron chi connectivity index (χ1n) is 5.38. The summed E-state index contributed by atoms with van der Waals surface area (Å²) >= 11 is 7.07. The van der Waals surface area contributed by atoms with Gasteiger partial charge >= 0.3 is 5.97 Å². The van der Waals surface area contributed by atoms with Crippen molar-refractivity contribution in [1.29, 1.82) is 0 Å². The van der Waals surface area contributed by atoms with Gasteiger partial charge in [-0.2, -0.15) is 0 Å². The summed E-state index contributed by atoms with van der Waals surface area (Å²) < 4.78 is 5.67. The molecule has 1 amide bonds. The van der Waals surface area contributed by atoms with E-state index < -0.39 is 11.5 Å². The molecule has 0 bridgehead atoms. The van der Waals surface area contributed by atoms with E-state index in [1.165, 1.54) is 11.3 Å². The molecule has 1 aromatic rings. The fraction of sp³-hybridized carbons (Fsp3) is 0.455. The lowest BCUT2D eigenvalue weighted by Gasteiger charge is -2.23. The summed E-state index contributed by atoms with van der Waals surface area (Å²) in [6, 6.07) is 3.46. The first-order valence-corrected chi connectivity index (χ1v) is 6.58. The highest BCUT2D eigenvalue weighted by Gasteiger charge is 2.43. The number of carbonyl (C=O) groups excluding carboxylic acids is 1. The lowest BCUT2D eigenvalue weighted by Crippen LogP contribution is -2.55. The minimum absolute atomic E-state index is 0.0132. The summed E-state index contributed by atoms with van der Waals surface area (Å²) in [7, 11) is 0. The number of ether oxygens (including phenoxy) is 1. The van der Waals surface area contributed by atoms with E-state index in [4.69, 9.17) is 21.4 Å². The summed E-state index contributed by atoms with van der Waals surface area (Å²) in [4.78, 5) is 23.8. The summed E-state index contributed by atoms with van der Waals surface area (Å²) in [6.07, 6.45) is 0.422. The van der Waals surface area contributed by atoms with Crippen LogP contribution in [0.1, 0.15) is 11.3 Å².